The maximum atomic E-state index is 4.07. The Hall–Kier alpha value is -1.37. The predicted molar refractivity (Wildman–Crippen MR) is 64.3 cm³/mol. The first-order chi connectivity index (χ1) is 6.56. The Kier molecular flexibility index (Phi) is 3.23. The molecule has 0 aromatic heterocycles. The highest BCUT2D eigenvalue weighted by molar-refractivity contribution is 5.75. The fraction of sp³-hybridized carbons (Fsp3) is 0.308. The van der Waals surface area contributed by atoms with Crippen LogP contribution in [0.1, 0.15) is 25.0 Å². The first-order valence-corrected chi connectivity index (χ1v) is 4.82. The largest absolute Gasteiger partial charge is 0.264 e. The molecular formula is C13H17N. The summed E-state index contributed by atoms with van der Waals surface area (Å²) in [5, 5.41) is 0. The Morgan fingerprint density at radius 1 is 1.36 bits per heavy atom. The molecule has 14 heavy (non-hydrogen) atoms. The summed E-state index contributed by atoms with van der Waals surface area (Å²) < 4.78 is 0. The zero-order valence-corrected chi connectivity index (χ0v) is 9.17. The number of allylic oxidation sites excluding steroid dienone is 1. The fourth-order valence-electron chi connectivity index (χ4n) is 1.36. The van der Waals surface area contributed by atoms with Crippen LogP contribution < -0.4 is 0 Å². The van der Waals surface area contributed by atoms with Gasteiger partial charge >= 0.3 is 0 Å². The summed E-state index contributed by atoms with van der Waals surface area (Å²) >= 11 is 0. The topological polar surface area (TPSA) is 12.4 Å². The fourth-order valence-corrected chi connectivity index (χ4v) is 1.36. The minimum absolute atomic E-state index is 0.443. The third-order valence-corrected chi connectivity index (χ3v) is 2.37. The van der Waals surface area contributed by atoms with Gasteiger partial charge in [-0.25, -0.2) is 0 Å². The van der Waals surface area contributed by atoms with Gasteiger partial charge in [-0.15, -0.1) is 0 Å². The van der Waals surface area contributed by atoms with Crippen molar-refractivity contribution in [2.75, 3.05) is 0 Å². The molecule has 0 amide bonds. The molecule has 0 radical (unpaired) electrons. The first kappa shape index (κ1) is 10.7. The Morgan fingerprint density at radius 3 is 2.50 bits per heavy atom. The van der Waals surface area contributed by atoms with Crippen molar-refractivity contribution >= 4 is 18.0 Å². The third kappa shape index (κ3) is 2.11. The molecule has 1 rings (SSSR count). The summed E-state index contributed by atoms with van der Waals surface area (Å²) in [6.45, 7) is 14.0. The van der Waals surface area contributed by atoms with Crippen LogP contribution >= 0.6 is 0 Å². The summed E-state index contributed by atoms with van der Waals surface area (Å²) in [5.74, 6) is 0.443. The predicted octanol–water partition coefficient (Wildman–Crippen LogP) is 4.00. The lowest BCUT2D eigenvalue weighted by Crippen LogP contribution is -1.92. The maximum Gasteiger partial charge on any atom is 0.0700 e. The van der Waals surface area contributed by atoms with Crippen molar-refractivity contribution in [3.8, 4) is 0 Å². The number of hydrogen-bond donors (Lipinski definition) is 0. The minimum atomic E-state index is 0.443. The van der Waals surface area contributed by atoms with Crippen LogP contribution in [0, 0.1) is 12.8 Å². The molecule has 1 nitrogen and oxygen atoms in total. The van der Waals surface area contributed by atoms with E-state index in [1.165, 1.54) is 5.56 Å². The van der Waals surface area contributed by atoms with Gasteiger partial charge in [0.25, 0.3) is 0 Å². The molecular weight excluding hydrogens is 170 g/mol. The quantitative estimate of drug-likeness (QED) is 0.634. The Labute approximate surface area is 86.2 Å². The summed E-state index contributed by atoms with van der Waals surface area (Å²) in [7, 11) is 0. The molecule has 0 aliphatic heterocycles. The Morgan fingerprint density at radius 2 is 2.00 bits per heavy atom. The second-order valence-electron chi connectivity index (χ2n) is 3.86. The molecule has 0 unspecified atom stereocenters. The van der Waals surface area contributed by atoms with Gasteiger partial charge in [0.1, 0.15) is 0 Å². The Balaban J connectivity index is 3.20. The first-order valence-electron chi connectivity index (χ1n) is 4.82. The van der Waals surface area contributed by atoms with Gasteiger partial charge in [0.05, 0.1) is 5.69 Å². The maximum absolute atomic E-state index is 4.07. The van der Waals surface area contributed by atoms with E-state index in [-0.39, 0.29) is 0 Å². The van der Waals surface area contributed by atoms with Crippen LogP contribution in [0.3, 0.4) is 0 Å². The van der Waals surface area contributed by atoms with Crippen molar-refractivity contribution in [1.29, 1.82) is 0 Å². The van der Waals surface area contributed by atoms with Gasteiger partial charge in [0, 0.05) is 5.56 Å². The minimum Gasteiger partial charge on any atom is -0.264 e. The molecule has 0 atom stereocenters. The van der Waals surface area contributed by atoms with E-state index in [1.807, 2.05) is 6.07 Å². The van der Waals surface area contributed by atoms with Crippen molar-refractivity contribution in [3.05, 3.63) is 35.9 Å². The van der Waals surface area contributed by atoms with E-state index >= 15 is 0 Å². The number of rotatable bonds is 3. The smallest absolute Gasteiger partial charge is 0.0700 e. The SMILES string of the molecule is C=Nc1cc(C)ccc1C(=C)C(C)C. The van der Waals surface area contributed by atoms with Gasteiger partial charge in [0.15, 0.2) is 0 Å². The van der Waals surface area contributed by atoms with Gasteiger partial charge in [0.2, 0.25) is 0 Å². The highest BCUT2D eigenvalue weighted by Crippen LogP contribution is 2.30. The van der Waals surface area contributed by atoms with Crippen molar-refractivity contribution in [3.63, 3.8) is 0 Å². The molecule has 0 N–H and O–H groups in total. The van der Waals surface area contributed by atoms with Gasteiger partial charge < -0.3 is 0 Å². The highest BCUT2D eigenvalue weighted by atomic mass is 14.7. The normalized spacial score (nSPS) is 10.3. The molecule has 0 aliphatic carbocycles. The summed E-state index contributed by atoms with van der Waals surface area (Å²) in [6.07, 6.45) is 0. The molecule has 0 spiro atoms. The molecule has 1 aromatic rings. The van der Waals surface area contributed by atoms with E-state index in [0.29, 0.717) is 5.92 Å². The second-order valence-corrected chi connectivity index (χ2v) is 3.86. The molecule has 74 valence electrons. The lowest BCUT2D eigenvalue weighted by atomic mass is 9.95. The van der Waals surface area contributed by atoms with Crippen molar-refractivity contribution in [2.24, 2.45) is 10.9 Å². The van der Waals surface area contributed by atoms with Crippen molar-refractivity contribution in [2.45, 2.75) is 20.8 Å². The van der Waals surface area contributed by atoms with Crippen LogP contribution in [0.2, 0.25) is 0 Å². The third-order valence-electron chi connectivity index (χ3n) is 2.37. The van der Waals surface area contributed by atoms with Crippen molar-refractivity contribution in [1.82, 2.24) is 0 Å². The summed E-state index contributed by atoms with van der Waals surface area (Å²) in [4.78, 5) is 4.02. The molecule has 1 heteroatoms. The average Bonchev–Trinajstić information content (AvgIpc) is 2.16. The van der Waals surface area contributed by atoms with E-state index in [9.17, 15) is 0 Å². The number of benzene rings is 1. The molecule has 0 heterocycles. The molecule has 0 saturated carbocycles. The molecule has 0 saturated heterocycles. The van der Waals surface area contributed by atoms with Crippen LogP contribution in [0.25, 0.3) is 5.57 Å². The van der Waals surface area contributed by atoms with E-state index < -0.39 is 0 Å². The summed E-state index contributed by atoms with van der Waals surface area (Å²) in [6, 6.07) is 6.19. The van der Waals surface area contributed by atoms with Crippen LogP contribution in [0.4, 0.5) is 5.69 Å². The van der Waals surface area contributed by atoms with Crippen LogP contribution in [0.5, 0.6) is 0 Å². The number of aryl methyl sites for hydroxylation is 1. The number of hydrogen-bond acceptors (Lipinski definition) is 1. The highest BCUT2D eigenvalue weighted by Gasteiger charge is 2.07. The number of nitrogens with zero attached hydrogens (tertiary/aromatic N) is 1. The zero-order valence-electron chi connectivity index (χ0n) is 9.17. The number of aliphatic imine (C=N–C) groups is 1. The zero-order chi connectivity index (χ0) is 10.7. The van der Waals surface area contributed by atoms with Crippen LogP contribution in [-0.2, 0) is 0 Å². The van der Waals surface area contributed by atoms with Gasteiger partial charge in [-0.3, -0.25) is 4.99 Å². The van der Waals surface area contributed by atoms with Crippen LogP contribution in [-0.4, -0.2) is 6.72 Å². The van der Waals surface area contributed by atoms with E-state index in [4.69, 9.17) is 0 Å². The van der Waals surface area contributed by atoms with E-state index in [0.717, 1.165) is 16.8 Å². The molecule has 1 aromatic carbocycles. The molecule has 0 fully saturated rings. The summed E-state index contributed by atoms with van der Waals surface area (Å²) in [5.41, 5.74) is 4.37. The Bertz CT molecular complexity index is 361. The van der Waals surface area contributed by atoms with Crippen molar-refractivity contribution < 1.29 is 0 Å². The van der Waals surface area contributed by atoms with Gasteiger partial charge in [-0.1, -0.05) is 32.6 Å². The van der Waals surface area contributed by atoms with E-state index in [2.05, 4.69) is 51.2 Å². The lowest BCUT2D eigenvalue weighted by Gasteiger charge is -2.12. The average molecular weight is 187 g/mol. The van der Waals surface area contributed by atoms with Crippen LogP contribution in [0.15, 0.2) is 29.8 Å². The van der Waals surface area contributed by atoms with E-state index in [1.54, 1.807) is 0 Å². The van der Waals surface area contributed by atoms with Gasteiger partial charge in [-0.2, -0.15) is 0 Å². The monoisotopic (exact) mass is 187 g/mol. The van der Waals surface area contributed by atoms with Gasteiger partial charge in [-0.05, 0) is 36.8 Å². The molecule has 0 aliphatic rings. The molecule has 0 bridgehead atoms. The standard InChI is InChI=1S/C13H17N/c1-9(2)11(4)12-7-6-10(3)8-13(12)14-5/h6-9H,4-5H2,1-3H3. The second kappa shape index (κ2) is 4.23. The lowest BCUT2D eigenvalue weighted by molar-refractivity contribution is 0.858.